The molecule has 9 N–H and O–H groups in total. The van der Waals surface area contributed by atoms with Gasteiger partial charge in [0.1, 0.15) is 0 Å². The molecule has 0 radical (unpaired) electrons. The molecule has 0 rings (SSSR count). The first-order valence-corrected chi connectivity index (χ1v) is 32.8. The first kappa shape index (κ1) is 144. The topological polar surface area (TPSA) is 370 Å². The van der Waals surface area contributed by atoms with Crippen LogP contribution in [0.5, 0.6) is 0 Å². The van der Waals surface area contributed by atoms with Gasteiger partial charge in [-0.1, -0.05) is 290 Å². The number of hydrogen-bond donors (Lipinski definition) is 9. The minimum atomic E-state index is -3.13. The van der Waals surface area contributed by atoms with Crippen LogP contribution in [0.4, 0.5) is 0 Å². The summed E-state index contributed by atoms with van der Waals surface area (Å²) in [6, 6.07) is 0. The summed E-state index contributed by atoms with van der Waals surface area (Å²) in [6.45, 7) is 6.81. The Morgan fingerprint density at radius 3 is 0.365 bits per heavy atom. The molecule has 0 saturated heterocycles. The first-order chi connectivity index (χ1) is 34.5. The van der Waals surface area contributed by atoms with E-state index in [0.29, 0.717) is 19.3 Å². The molecule has 0 fully saturated rings. The van der Waals surface area contributed by atoms with Gasteiger partial charge in [-0.05, 0) is 19.3 Å². The monoisotopic (exact) mass is 1650 g/mol. The maximum atomic E-state index is 10.3. The van der Waals surface area contributed by atoms with Crippen molar-refractivity contribution in [1.82, 2.24) is 0 Å². The van der Waals surface area contributed by atoms with Gasteiger partial charge in [0.05, 0.1) is 0 Å². The standard InChI is InChI=1S/3C18H36O2.5K.3H2O3Si.3O.5Zn/c3*1-2-3-4-5-6-7-8-9-10-11-12-13-14-15-16-17-18(19)20;;;;;;3*1-4(2)3;;;;;;;;/h3*2-17H2,1H3,(H,19,20);;;;;;3*1-2H;;;;;;;;/q;;;5*+1;;;;3*-2;5*+2. The van der Waals surface area contributed by atoms with Crippen molar-refractivity contribution < 1.29 is 443 Å². The molecule has 18 nitrogen and oxygen atoms in total. The molecular formula is C54H114K5O18Si3Zn5+9. The van der Waals surface area contributed by atoms with Crippen molar-refractivity contribution >= 4 is 45.4 Å². The summed E-state index contributed by atoms with van der Waals surface area (Å²) in [5.41, 5.74) is 0. The number of aliphatic carboxylic acids is 3. The van der Waals surface area contributed by atoms with Crippen LogP contribution in [0.1, 0.15) is 329 Å². The van der Waals surface area contributed by atoms with Crippen LogP contribution in [0.15, 0.2) is 0 Å². The molecule has 0 spiro atoms. The molecule has 0 aromatic rings. The molecule has 456 valence electrons. The summed E-state index contributed by atoms with van der Waals surface area (Å²) in [7, 11) is -9.39. The van der Waals surface area contributed by atoms with Crippen molar-refractivity contribution in [3.8, 4) is 0 Å². The Kier molecular flexibility index (Phi) is 236. The second-order valence-corrected chi connectivity index (χ2v) is 20.8. The Bertz CT molecular complexity index is 1040. The maximum absolute atomic E-state index is 10.3. The summed E-state index contributed by atoms with van der Waals surface area (Å²) >= 11 is 0. The van der Waals surface area contributed by atoms with Crippen molar-refractivity contribution in [3.63, 3.8) is 0 Å². The Balaban J connectivity index is -0.0000000384. The third-order valence-electron chi connectivity index (χ3n) is 12.0. The zero-order valence-electron chi connectivity index (χ0n) is 56.2. The molecule has 0 bridgehead atoms. The molecule has 0 atom stereocenters. The average Bonchev–Trinajstić information content (AvgIpc) is 3.30. The van der Waals surface area contributed by atoms with Gasteiger partial charge in [-0.25, -0.2) is 0 Å². The van der Waals surface area contributed by atoms with Crippen molar-refractivity contribution in [3.05, 3.63) is 0 Å². The predicted molar refractivity (Wildman–Crippen MR) is 296 cm³/mol. The van der Waals surface area contributed by atoms with Crippen LogP contribution in [0.25, 0.3) is 0 Å². The van der Waals surface area contributed by atoms with E-state index in [1.165, 1.54) is 250 Å². The van der Waals surface area contributed by atoms with Crippen LogP contribution in [-0.2, 0) is 142 Å². The number of hydrogen-bond acceptors (Lipinski definition) is 6. The van der Waals surface area contributed by atoms with Crippen LogP contribution in [0.3, 0.4) is 0 Å². The summed E-state index contributed by atoms with van der Waals surface area (Å²) < 4.78 is 26.2. The van der Waals surface area contributed by atoms with E-state index < -0.39 is 45.4 Å². The molecule has 0 aromatic carbocycles. The molecule has 0 saturated carbocycles. The predicted octanol–water partition coefficient (Wildman–Crippen LogP) is -1.19. The van der Waals surface area contributed by atoms with Gasteiger partial charge in [-0.3, -0.25) is 27.8 Å². The minimum absolute atomic E-state index is 0. The van der Waals surface area contributed by atoms with Crippen LogP contribution in [-0.4, -0.2) is 89.5 Å². The van der Waals surface area contributed by atoms with Gasteiger partial charge < -0.3 is 60.5 Å². The Hall–Kier alpha value is 8.44. The summed E-state index contributed by atoms with van der Waals surface area (Å²) in [6.07, 6.45) is 60.6. The van der Waals surface area contributed by atoms with E-state index in [2.05, 4.69) is 20.8 Å². The van der Waals surface area contributed by atoms with Gasteiger partial charge >= 0.3 is 400 Å². The average molecular weight is 1660 g/mol. The van der Waals surface area contributed by atoms with Crippen LogP contribution >= 0.6 is 0 Å². The van der Waals surface area contributed by atoms with Crippen LogP contribution in [0.2, 0.25) is 0 Å². The fourth-order valence-electron chi connectivity index (χ4n) is 7.94. The number of unbranched alkanes of at least 4 members (excludes halogenated alkanes) is 42. The molecule has 0 aliphatic heterocycles. The third kappa shape index (κ3) is 214. The van der Waals surface area contributed by atoms with Crippen LogP contribution in [0, 0.1) is 0 Å². The largest absolute Gasteiger partial charge is 2.00 e. The van der Waals surface area contributed by atoms with E-state index in [1.807, 2.05) is 0 Å². The fraction of sp³-hybridized carbons (Fsp3) is 0.944. The van der Waals surface area contributed by atoms with Gasteiger partial charge in [0.15, 0.2) is 0 Å². The Labute approximate surface area is 800 Å². The van der Waals surface area contributed by atoms with Gasteiger partial charge in [0, 0.05) is 19.3 Å². The molecule has 0 amide bonds. The molecule has 0 unspecified atom stereocenters. The number of carboxylic acid groups (broad SMARTS) is 3. The second-order valence-electron chi connectivity index (χ2n) is 19.1. The third-order valence-corrected chi connectivity index (χ3v) is 12.0. The first-order valence-electron chi connectivity index (χ1n) is 28.9. The van der Waals surface area contributed by atoms with Gasteiger partial charge in [0.2, 0.25) is 0 Å². The van der Waals surface area contributed by atoms with E-state index in [4.69, 9.17) is 57.5 Å². The van der Waals surface area contributed by atoms with Gasteiger partial charge in [0.25, 0.3) is 0 Å². The second kappa shape index (κ2) is 139. The Morgan fingerprint density at radius 1 is 0.224 bits per heavy atom. The molecule has 0 aromatic heterocycles. The Morgan fingerprint density at radius 2 is 0.294 bits per heavy atom. The zero-order valence-corrected chi connectivity index (χ0v) is 89.6. The molecule has 31 heteroatoms. The summed E-state index contributed by atoms with van der Waals surface area (Å²) in [4.78, 5) is 73.9. The fourth-order valence-corrected chi connectivity index (χ4v) is 7.94. The summed E-state index contributed by atoms with van der Waals surface area (Å²) in [5, 5.41) is 25.6. The number of carbonyl (C=O) groups is 3. The minimum Gasteiger partial charge on any atom is -2.00 e. The summed E-state index contributed by atoms with van der Waals surface area (Å²) in [5.74, 6) is -1.96. The number of carboxylic acids is 3. The molecule has 0 aliphatic rings. The zero-order chi connectivity index (χ0) is 55.4. The smallest absolute Gasteiger partial charge is 2.00 e. The van der Waals surface area contributed by atoms with E-state index in [-0.39, 0.29) is 371 Å². The van der Waals surface area contributed by atoms with Gasteiger partial charge in [-0.2, -0.15) is 0 Å². The normalized spacial score (nSPS) is 8.51. The quantitative estimate of drug-likeness (QED) is 0.0256. The molecule has 0 aliphatic carbocycles. The van der Waals surface area contributed by atoms with E-state index >= 15 is 0 Å². The van der Waals surface area contributed by atoms with Crippen molar-refractivity contribution in [2.24, 2.45) is 0 Å². The van der Waals surface area contributed by atoms with Crippen LogP contribution < -0.4 is 257 Å². The van der Waals surface area contributed by atoms with E-state index in [1.54, 1.807) is 0 Å². The number of rotatable bonds is 48. The molecule has 85 heavy (non-hydrogen) atoms. The van der Waals surface area contributed by atoms with E-state index in [0.717, 1.165) is 38.5 Å². The van der Waals surface area contributed by atoms with Crippen molar-refractivity contribution in [2.45, 2.75) is 329 Å². The maximum Gasteiger partial charge on any atom is 2.00 e. The van der Waals surface area contributed by atoms with Gasteiger partial charge in [-0.15, -0.1) is 0 Å². The molecular weight excluding hydrogens is 1540 g/mol. The van der Waals surface area contributed by atoms with Crippen molar-refractivity contribution in [1.29, 1.82) is 0 Å². The molecule has 0 heterocycles. The van der Waals surface area contributed by atoms with E-state index in [9.17, 15) is 14.4 Å². The SMILES string of the molecule is CCCCCCCCCCCCCCCCCC(=O)O.CCCCCCCCCCCCCCCCCC(=O)O.CCCCCCCCCCCCCCCCCC(=O)O.O=[Si](O)O.O=[Si](O)O.O=[Si](O)O.[K+].[K+].[K+].[K+].[K+].[O-2].[O-2].[O-2].[Zn+2].[Zn+2].[Zn+2].[Zn+2].[Zn+2]. The van der Waals surface area contributed by atoms with Crippen molar-refractivity contribution in [2.75, 3.05) is 0 Å².